The highest BCUT2D eigenvalue weighted by molar-refractivity contribution is 4.93. The molecule has 58 valence electrons. The topological polar surface area (TPSA) is 29.4 Å². The first-order chi connectivity index (χ1) is 4.55. The maximum atomic E-state index is 10.4. The minimum Gasteiger partial charge on any atom is -0.150 e. The van der Waals surface area contributed by atoms with Crippen LogP contribution < -0.4 is 0 Å². The van der Waals surface area contributed by atoms with E-state index in [4.69, 9.17) is 0 Å². The number of nitrogens with zero attached hydrogens (tertiary/aromatic N) is 1. The summed E-state index contributed by atoms with van der Waals surface area (Å²) in [7, 11) is 0. The third-order valence-electron chi connectivity index (χ3n) is 2.07. The molecule has 1 aliphatic rings. The van der Waals surface area contributed by atoms with Crippen molar-refractivity contribution in [2.24, 2.45) is 16.5 Å². The van der Waals surface area contributed by atoms with Gasteiger partial charge in [-0.1, -0.05) is 25.9 Å². The first-order valence-electron chi connectivity index (χ1n) is 3.88. The molecular formula is C8H15NO. The van der Waals surface area contributed by atoms with E-state index >= 15 is 0 Å². The first kappa shape index (κ1) is 7.70. The van der Waals surface area contributed by atoms with Crippen molar-refractivity contribution in [2.75, 3.05) is 0 Å². The lowest BCUT2D eigenvalue weighted by atomic mass is 9.84. The lowest BCUT2D eigenvalue weighted by molar-refractivity contribution is 0.293. The molecule has 0 saturated heterocycles. The van der Waals surface area contributed by atoms with Gasteiger partial charge in [0.1, 0.15) is 0 Å². The summed E-state index contributed by atoms with van der Waals surface area (Å²) in [6, 6.07) is 0.0486. The van der Waals surface area contributed by atoms with Crippen molar-refractivity contribution in [3.05, 3.63) is 4.91 Å². The molecule has 1 rings (SSSR count). The van der Waals surface area contributed by atoms with Gasteiger partial charge in [0, 0.05) is 0 Å². The summed E-state index contributed by atoms with van der Waals surface area (Å²) in [6.07, 6.45) is 2.40. The Morgan fingerprint density at radius 3 is 2.00 bits per heavy atom. The lowest BCUT2D eigenvalue weighted by Crippen LogP contribution is -2.25. The van der Waals surface area contributed by atoms with E-state index in [9.17, 15) is 4.91 Å². The Hall–Kier alpha value is -0.400. The fourth-order valence-corrected chi connectivity index (χ4v) is 1.36. The monoisotopic (exact) mass is 141 g/mol. The molecule has 2 nitrogen and oxygen atoms in total. The van der Waals surface area contributed by atoms with Gasteiger partial charge in [0.05, 0.1) is 6.04 Å². The van der Waals surface area contributed by atoms with Crippen LogP contribution in [0, 0.1) is 16.2 Å². The molecule has 1 saturated carbocycles. The number of hydrogen-bond acceptors (Lipinski definition) is 2. The second-order valence-corrected chi connectivity index (χ2v) is 4.25. The number of hydrogen-bond donors (Lipinski definition) is 0. The normalized spacial score (nSPS) is 22.3. The molecule has 0 aliphatic heterocycles. The minimum atomic E-state index is 0.0486. The van der Waals surface area contributed by atoms with Gasteiger partial charge < -0.3 is 0 Å². The van der Waals surface area contributed by atoms with Crippen LogP contribution in [0.1, 0.15) is 33.6 Å². The van der Waals surface area contributed by atoms with Crippen molar-refractivity contribution in [3.8, 4) is 0 Å². The molecule has 0 aromatic carbocycles. The number of nitroso groups, excluding NO2 is 1. The average Bonchev–Trinajstić information content (AvgIpc) is 2.46. The molecule has 0 N–H and O–H groups in total. The van der Waals surface area contributed by atoms with Gasteiger partial charge in [-0.2, -0.15) is 4.91 Å². The van der Waals surface area contributed by atoms with Gasteiger partial charge in [-0.25, -0.2) is 0 Å². The quantitative estimate of drug-likeness (QED) is 0.543. The Balaban J connectivity index is 2.54. The van der Waals surface area contributed by atoms with Crippen molar-refractivity contribution in [3.63, 3.8) is 0 Å². The Morgan fingerprint density at radius 2 is 1.90 bits per heavy atom. The third kappa shape index (κ3) is 1.55. The zero-order valence-electron chi connectivity index (χ0n) is 6.92. The third-order valence-corrected chi connectivity index (χ3v) is 2.07. The van der Waals surface area contributed by atoms with Gasteiger partial charge in [0.15, 0.2) is 0 Å². The highest BCUT2D eigenvalue weighted by Crippen LogP contribution is 2.42. The van der Waals surface area contributed by atoms with E-state index in [-0.39, 0.29) is 11.5 Å². The Labute approximate surface area is 62.0 Å². The minimum absolute atomic E-state index is 0.0486. The molecular weight excluding hydrogens is 126 g/mol. The van der Waals surface area contributed by atoms with Crippen LogP contribution in [0.15, 0.2) is 5.18 Å². The predicted molar refractivity (Wildman–Crippen MR) is 41.8 cm³/mol. The Bertz CT molecular complexity index is 133. The SMILES string of the molecule is CC(C)(C)C(N=O)C1CC1. The molecule has 0 radical (unpaired) electrons. The Kier molecular flexibility index (Phi) is 1.80. The van der Waals surface area contributed by atoms with E-state index in [0.717, 1.165) is 0 Å². The Morgan fingerprint density at radius 1 is 1.40 bits per heavy atom. The summed E-state index contributed by atoms with van der Waals surface area (Å²) in [6.45, 7) is 6.24. The molecule has 1 fully saturated rings. The molecule has 0 aromatic heterocycles. The summed E-state index contributed by atoms with van der Waals surface area (Å²) in [5, 5.41) is 3.17. The van der Waals surface area contributed by atoms with Gasteiger partial charge in [-0.05, 0) is 24.2 Å². The van der Waals surface area contributed by atoms with E-state index in [0.29, 0.717) is 5.92 Å². The second-order valence-electron chi connectivity index (χ2n) is 4.25. The fourth-order valence-electron chi connectivity index (χ4n) is 1.36. The zero-order valence-corrected chi connectivity index (χ0v) is 6.92. The van der Waals surface area contributed by atoms with Gasteiger partial charge in [0.25, 0.3) is 0 Å². The molecule has 0 amide bonds. The van der Waals surface area contributed by atoms with E-state index in [1.807, 2.05) is 0 Å². The van der Waals surface area contributed by atoms with Crippen LogP contribution in [-0.2, 0) is 0 Å². The van der Waals surface area contributed by atoms with E-state index < -0.39 is 0 Å². The molecule has 0 bridgehead atoms. The summed E-state index contributed by atoms with van der Waals surface area (Å²) >= 11 is 0. The summed E-state index contributed by atoms with van der Waals surface area (Å²) < 4.78 is 0. The first-order valence-corrected chi connectivity index (χ1v) is 3.88. The average molecular weight is 141 g/mol. The van der Waals surface area contributed by atoms with E-state index in [1.165, 1.54) is 12.8 Å². The lowest BCUT2D eigenvalue weighted by Gasteiger charge is -2.23. The summed E-state index contributed by atoms with van der Waals surface area (Å²) in [5.74, 6) is 0.595. The molecule has 0 heterocycles. The second kappa shape index (κ2) is 2.33. The van der Waals surface area contributed by atoms with Crippen LogP contribution in [0.5, 0.6) is 0 Å². The zero-order chi connectivity index (χ0) is 7.78. The molecule has 0 spiro atoms. The van der Waals surface area contributed by atoms with Crippen molar-refractivity contribution in [2.45, 2.75) is 39.7 Å². The van der Waals surface area contributed by atoms with Crippen molar-refractivity contribution in [1.82, 2.24) is 0 Å². The van der Waals surface area contributed by atoms with Crippen LogP contribution in [0.3, 0.4) is 0 Å². The van der Waals surface area contributed by atoms with Gasteiger partial charge in [0.2, 0.25) is 0 Å². The highest BCUT2D eigenvalue weighted by atomic mass is 16.3. The largest absolute Gasteiger partial charge is 0.150 e. The molecule has 2 heteroatoms. The van der Waals surface area contributed by atoms with Crippen molar-refractivity contribution >= 4 is 0 Å². The molecule has 1 unspecified atom stereocenters. The smallest absolute Gasteiger partial charge is 0.0995 e. The molecule has 10 heavy (non-hydrogen) atoms. The molecule has 0 aromatic rings. The van der Waals surface area contributed by atoms with Crippen LogP contribution in [0.25, 0.3) is 0 Å². The maximum Gasteiger partial charge on any atom is 0.0995 e. The van der Waals surface area contributed by atoms with Crippen molar-refractivity contribution < 1.29 is 0 Å². The van der Waals surface area contributed by atoms with Crippen LogP contribution in [-0.4, -0.2) is 6.04 Å². The standard InChI is InChI=1S/C8H15NO/c1-8(2,3)7(9-10)6-4-5-6/h6-7H,4-5H2,1-3H3. The van der Waals surface area contributed by atoms with Crippen molar-refractivity contribution in [1.29, 1.82) is 0 Å². The van der Waals surface area contributed by atoms with Crippen LogP contribution in [0.4, 0.5) is 0 Å². The van der Waals surface area contributed by atoms with Crippen LogP contribution in [0.2, 0.25) is 0 Å². The van der Waals surface area contributed by atoms with Gasteiger partial charge >= 0.3 is 0 Å². The number of rotatable bonds is 2. The van der Waals surface area contributed by atoms with Gasteiger partial charge in [-0.15, -0.1) is 0 Å². The fraction of sp³-hybridized carbons (Fsp3) is 1.00. The highest BCUT2D eigenvalue weighted by Gasteiger charge is 2.39. The molecule has 1 aliphatic carbocycles. The summed E-state index contributed by atoms with van der Waals surface area (Å²) in [4.78, 5) is 10.4. The summed E-state index contributed by atoms with van der Waals surface area (Å²) in [5.41, 5.74) is 0.0723. The molecule has 1 atom stereocenters. The maximum absolute atomic E-state index is 10.4. The van der Waals surface area contributed by atoms with E-state index in [1.54, 1.807) is 0 Å². The van der Waals surface area contributed by atoms with E-state index in [2.05, 4.69) is 25.9 Å². The predicted octanol–water partition coefficient (Wildman–Crippen LogP) is 2.58. The van der Waals surface area contributed by atoms with Crippen LogP contribution >= 0.6 is 0 Å². The van der Waals surface area contributed by atoms with Gasteiger partial charge in [-0.3, -0.25) is 0 Å².